The van der Waals surface area contributed by atoms with Gasteiger partial charge in [0.1, 0.15) is 5.75 Å². The Morgan fingerprint density at radius 3 is 2.44 bits per heavy atom. The van der Waals surface area contributed by atoms with Gasteiger partial charge in [-0.3, -0.25) is 9.69 Å². The monoisotopic (exact) mass is 342 g/mol. The molecule has 0 aromatic heterocycles. The first-order valence-corrected chi connectivity index (χ1v) is 7.87. The molecule has 6 heteroatoms. The molecule has 0 aliphatic heterocycles. The zero-order valence-electron chi connectivity index (χ0n) is 14.5. The molecule has 0 saturated carbocycles. The zero-order chi connectivity index (χ0) is 18.6. The number of benzene rings is 2. The lowest BCUT2D eigenvalue weighted by molar-refractivity contribution is -0.117. The molecule has 0 fully saturated rings. The van der Waals surface area contributed by atoms with Crippen LogP contribution in [0.1, 0.15) is 27.0 Å². The van der Waals surface area contributed by atoms with Gasteiger partial charge in [0, 0.05) is 12.1 Å². The van der Waals surface area contributed by atoms with Crippen LogP contribution >= 0.6 is 0 Å². The summed E-state index contributed by atoms with van der Waals surface area (Å²) in [5.41, 5.74) is 3.13. The van der Waals surface area contributed by atoms with Gasteiger partial charge in [-0.1, -0.05) is 18.2 Å². The summed E-state index contributed by atoms with van der Waals surface area (Å²) in [6.07, 6.45) is 0. The number of phenolic OH excluding ortho intramolecular Hbond substituents is 1. The number of aryl methyl sites for hydroxylation is 2. The van der Waals surface area contributed by atoms with Crippen LogP contribution in [-0.4, -0.2) is 40.6 Å². The molecule has 2 rings (SSSR count). The van der Waals surface area contributed by atoms with Gasteiger partial charge in [-0.05, 0) is 50.2 Å². The third-order valence-corrected chi connectivity index (χ3v) is 3.98. The number of carboxylic acids is 1. The lowest BCUT2D eigenvalue weighted by Crippen LogP contribution is -2.30. The first-order chi connectivity index (χ1) is 11.8. The number of nitrogens with one attached hydrogen (secondary N) is 1. The Bertz CT molecular complexity index is 802. The first kappa shape index (κ1) is 18.5. The number of aromatic hydroxyl groups is 1. The number of nitrogens with zero attached hydrogens (tertiary/aromatic N) is 1. The van der Waals surface area contributed by atoms with Crippen molar-refractivity contribution in [3.05, 3.63) is 58.7 Å². The average molecular weight is 342 g/mol. The number of carbonyl (C=O) groups is 2. The molecule has 2 aromatic carbocycles. The third-order valence-electron chi connectivity index (χ3n) is 3.98. The lowest BCUT2D eigenvalue weighted by Gasteiger charge is -2.18. The maximum absolute atomic E-state index is 12.2. The number of carboxylic acid groups (broad SMARTS) is 1. The van der Waals surface area contributed by atoms with Gasteiger partial charge in [0.25, 0.3) is 0 Å². The molecule has 0 bridgehead atoms. The Kier molecular flexibility index (Phi) is 5.77. The third kappa shape index (κ3) is 4.81. The number of phenols is 1. The van der Waals surface area contributed by atoms with Gasteiger partial charge in [0.2, 0.25) is 5.91 Å². The molecule has 25 heavy (non-hydrogen) atoms. The topological polar surface area (TPSA) is 89.9 Å². The van der Waals surface area contributed by atoms with Crippen molar-refractivity contribution in [1.82, 2.24) is 4.90 Å². The summed E-state index contributed by atoms with van der Waals surface area (Å²) in [6.45, 7) is 4.37. The number of anilines is 1. The molecule has 0 radical (unpaired) electrons. The fourth-order valence-electron chi connectivity index (χ4n) is 2.55. The molecule has 132 valence electrons. The Morgan fingerprint density at radius 2 is 1.76 bits per heavy atom. The molecule has 0 aliphatic rings. The lowest BCUT2D eigenvalue weighted by atomic mass is 10.0. The van der Waals surface area contributed by atoms with E-state index in [0.717, 1.165) is 16.7 Å². The van der Waals surface area contributed by atoms with Crippen LogP contribution in [0.15, 0.2) is 36.4 Å². The van der Waals surface area contributed by atoms with Crippen molar-refractivity contribution in [2.24, 2.45) is 0 Å². The van der Waals surface area contributed by atoms with Gasteiger partial charge in [0.05, 0.1) is 17.8 Å². The van der Waals surface area contributed by atoms with E-state index >= 15 is 0 Å². The maximum atomic E-state index is 12.2. The van der Waals surface area contributed by atoms with E-state index in [1.165, 1.54) is 6.07 Å². The van der Waals surface area contributed by atoms with Gasteiger partial charge >= 0.3 is 5.97 Å². The van der Waals surface area contributed by atoms with Gasteiger partial charge < -0.3 is 15.5 Å². The standard InChI is InChI=1S/C19H22N2O4/c1-12-8-14(17(22)9-13(12)2)10-21(3)11-18(23)20-16-7-5-4-6-15(16)19(24)25/h4-9,22H,10-11H2,1-3H3,(H,20,23)(H,24,25). The molecular formula is C19H22N2O4. The summed E-state index contributed by atoms with van der Waals surface area (Å²) in [6, 6.07) is 9.87. The number of para-hydroxylation sites is 1. The van der Waals surface area contributed by atoms with Crippen LogP contribution in [0.4, 0.5) is 5.69 Å². The van der Waals surface area contributed by atoms with E-state index in [1.807, 2.05) is 19.9 Å². The number of hydrogen-bond donors (Lipinski definition) is 3. The van der Waals surface area contributed by atoms with Crippen LogP contribution in [0, 0.1) is 13.8 Å². The van der Waals surface area contributed by atoms with Gasteiger partial charge in [-0.15, -0.1) is 0 Å². The minimum atomic E-state index is -1.09. The summed E-state index contributed by atoms with van der Waals surface area (Å²) < 4.78 is 0. The highest BCUT2D eigenvalue weighted by molar-refractivity contribution is 6.01. The molecule has 3 N–H and O–H groups in total. The largest absolute Gasteiger partial charge is 0.508 e. The fourth-order valence-corrected chi connectivity index (χ4v) is 2.55. The van der Waals surface area contributed by atoms with Crippen molar-refractivity contribution in [2.75, 3.05) is 18.9 Å². The van der Waals surface area contributed by atoms with Crippen LogP contribution in [0.3, 0.4) is 0 Å². The van der Waals surface area contributed by atoms with Crippen molar-refractivity contribution >= 4 is 17.6 Å². The summed E-state index contributed by atoms with van der Waals surface area (Å²) in [4.78, 5) is 25.1. The molecule has 0 spiro atoms. The van der Waals surface area contributed by atoms with Crippen LogP contribution in [-0.2, 0) is 11.3 Å². The normalized spacial score (nSPS) is 10.7. The second-order valence-electron chi connectivity index (χ2n) is 6.14. The molecule has 0 unspecified atom stereocenters. The summed E-state index contributed by atoms with van der Waals surface area (Å²) in [7, 11) is 1.76. The Labute approximate surface area is 146 Å². The second-order valence-corrected chi connectivity index (χ2v) is 6.14. The molecular weight excluding hydrogens is 320 g/mol. The molecule has 0 atom stereocenters. The molecule has 0 heterocycles. The number of rotatable bonds is 6. The van der Waals surface area contributed by atoms with E-state index in [9.17, 15) is 14.7 Å². The van der Waals surface area contributed by atoms with E-state index in [-0.39, 0.29) is 29.5 Å². The molecule has 0 saturated heterocycles. The Hall–Kier alpha value is -2.86. The van der Waals surface area contributed by atoms with Crippen molar-refractivity contribution < 1.29 is 19.8 Å². The number of amides is 1. The van der Waals surface area contributed by atoms with E-state index in [2.05, 4.69) is 5.32 Å². The van der Waals surface area contributed by atoms with E-state index in [1.54, 1.807) is 36.2 Å². The van der Waals surface area contributed by atoms with E-state index in [4.69, 9.17) is 5.11 Å². The van der Waals surface area contributed by atoms with Crippen molar-refractivity contribution in [2.45, 2.75) is 20.4 Å². The van der Waals surface area contributed by atoms with Crippen LogP contribution in [0.2, 0.25) is 0 Å². The minimum absolute atomic E-state index is 0.0466. The quantitative estimate of drug-likeness (QED) is 0.751. The smallest absolute Gasteiger partial charge is 0.337 e. The van der Waals surface area contributed by atoms with Gasteiger partial charge in [-0.25, -0.2) is 4.79 Å². The molecule has 1 amide bonds. The Balaban J connectivity index is 2.02. The highest BCUT2D eigenvalue weighted by Gasteiger charge is 2.14. The van der Waals surface area contributed by atoms with Crippen LogP contribution < -0.4 is 5.32 Å². The van der Waals surface area contributed by atoms with E-state index < -0.39 is 5.97 Å². The van der Waals surface area contributed by atoms with Crippen LogP contribution in [0.5, 0.6) is 5.75 Å². The second kappa shape index (κ2) is 7.81. The van der Waals surface area contributed by atoms with Crippen LogP contribution in [0.25, 0.3) is 0 Å². The summed E-state index contributed by atoms with van der Waals surface area (Å²) in [5, 5.41) is 21.8. The molecule has 6 nitrogen and oxygen atoms in total. The van der Waals surface area contributed by atoms with Gasteiger partial charge in [0.15, 0.2) is 0 Å². The zero-order valence-corrected chi connectivity index (χ0v) is 14.5. The highest BCUT2D eigenvalue weighted by Crippen LogP contribution is 2.23. The number of carbonyl (C=O) groups excluding carboxylic acids is 1. The summed E-state index contributed by atoms with van der Waals surface area (Å²) in [5.74, 6) is -1.21. The van der Waals surface area contributed by atoms with Crippen molar-refractivity contribution in [1.29, 1.82) is 0 Å². The van der Waals surface area contributed by atoms with Crippen molar-refractivity contribution in [3.8, 4) is 5.75 Å². The first-order valence-electron chi connectivity index (χ1n) is 7.87. The Morgan fingerprint density at radius 1 is 1.12 bits per heavy atom. The van der Waals surface area contributed by atoms with E-state index in [0.29, 0.717) is 6.54 Å². The number of hydrogen-bond acceptors (Lipinski definition) is 4. The molecule has 2 aromatic rings. The summed E-state index contributed by atoms with van der Waals surface area (Å²) >= 11 is 0. The van der Waals surface area contributed by atoms with Crippen molar-refractivity contribution in [3.63, 3.8) is 0 Å². The predicted octanol–water partition coefficient (Wildman–Crippen LogP) is 2.78. The minimum Gasteiger partial charge on any atom is -0.508 e. The number of aromatic carboxylic acids is 1. The van der Waals surface area contributed by atoms with Gasteiger partial charge in [-0.2, -0.15) is 0 Å². The number of likely N-dealkylation sites (N-methyl/N-ethyl adjacent to an activating group) is 1. The maximum Gasteiger partial charge on any atom is 0.337 e. The SMILES string of the molecule is Cc1cc(O)c(CN(C)CC(=O)Nc2ccccc2C(=O)O)cc1C. The highest BCUT2D eigenvalue weighted by atomic mass is 16.4. The fraction of sp³-hybridized carbons (Fsp3) is 0.263. The predicted molar refractivity (Wildman–Crippen MR) is 95.9 cm³/mol. The molecule has 0 aliphatic carbocycles. The average Bonchev–Trinajstić information content (AvgIpc) is 2.52.